The summed E-state index contributed by atoms with van der Waals surface area (Å²) in [5, 5.41) is 0. The Labute approximate surface area is 147 Å². The van der Waals surface area contributed by atoms with Crippen molar-refractivity contribution >= 4 is 27.5 Å². The molecule has 0 amide bonds. The maximum Gasteiger partial charge on any atom is 0.176 e. The van der Waals surface area contributed by atoms with Crippen LogP contribution in [0.2, 0.25) is 0 Å². The van der Waals surface area contributed by atoms with E-state index in [2.05, 4.69) is 15.9 Å². The molecular formula is C19H15BrF2O2. The highest BCUT2D eigenvalue weighted by Crippen LogP contribution is 2.26. The Morgan fingerprint density at radius 1 is 1.17 bits per heavy atom. The highest BCUT2D eigenvalue weighted by atomic mass is 79.9. The predicted octanol–water partition coefficient (Wildman–Crippen LogP) is 4.67. The Hall–Kier alpha value is -1.88. The fourth-order valence-electron chi connectivity index (χ4n) is 3.01. The molecule has 0 aromatic heterocycles. The van der Waals surface area contributed by atoms with Crippen molar-refractivity contribution in [2.24, 2.45) is 0 Å². The molecule has 0 saturated carbocycles. The van der Waals surface area contributed by atoms with Gasteiger partial charge in [-0.05, 0) is 42.5 Å². The van der Waals surface area contributed by atoms with Gasteiger partial charge in [0.05, 0.1) is 10.4 Å². The molecule has 0 bridgehead atoms. The van der Waals surface area contributed by atoms with Gasteiger partial charge < -0.3 is 0 Å². The molecule has 1 atom stereocenters. The van der Waals surface area contributed by atoms with Crippen molar-refractivity contribution in [2.75, 3.05) is 0 Å². The molecule has 0 fully saturated rings. The van der Waals surface area contributed by atoms with E-state index in [1.54, 1.807) is 18.2 Å². The zero-order valence-electron chi connectivity index (χ0n) is 12.8. The van der Waals surface area contributed by atoms with Gasteiger partial charge in [-0.1, -0.05) is 40.2 Å². The van der Waals surface area contributed by atoms with E-state index in [4.69, 9.17) is 0 Å². The average Bonchev–Trinajstić information content (AvgIpc) is 2.67. The van der Waals surface area contributed by atoms with Crippen LogP contribution in [0.5, 0.6) is 0 Å². The van der Waals surface area contributed by atoms with E-state index in [-0.39, 0.29) is 17.0 Å². The van der Waals surface area contributed by atoms with Gasteiger partial charge in [-0.15, -0.1) is 0 Å². The molecule has 0 spiro atoms. The summed E-state index contributed by atoms with van der Waals surface area (Å²) < 4.78 is 27.4. The monoisotopic (exact) mass is 392 g/mol. The van der Waals surface area contributed by atoms with Crippen LogP contribution in [0.25, 0.3) is 0 Å². The fraction of sp³-hybridized carbons (Fsp3) is 0.263. The molecule has 2 aromatic carbocycles. The largest absolute Gasteiger partial charge is 0.294 e. The van der Waals surface area contributed by atoms with Crippen molar-refractivity contribution in [1.82, 2.24) is 0 Å². The fourth-order valence-corrected chi connectivity index (χ4v) is 3.58. The minimum absolute atomic E-state index is 0.0422. The number of rotatable bonds is 3. The third kappa shape index (κ3) is 3.31. The molecule has 0 radical (unpaired) electrons. The van der Waals surface area contributed by atoms with E-state index in [0.29, 0.717) is 11.1 Å². The van der Waals surface area contributed by atoms with Gasteiger partial charge >= 0.3 is 0 Å². The summed E-state index contributed by atoms with van der Waals surface area (Å²) in [6, 6.07) is 8.56. The number of hydrogen-bond donors (Lipinski definition) is 0. The number of hydrogen-bond acceptors (Lipinski definition) is 2. The summed E-state index contributed by atoms with van der Waals surface area (Å²) >= 11 is 3.39. The first kappa shape index (κ1) is 17.0. The molecule has 3 rings (SSSR count). The lowest BCUT2D eigenvalue weighted by Gasteiger charge is -2.09. The smallest absolute Gasteiger partial charge is 0.176 e. The Balaban J connectivity index is 1.88. The van der Waals surface area contributed by atoms with Crippen LogP contribution in [0.3, 0.4) is 0 Å². The Bertz CT molecular complexity index is 797. The standard InChI is InChI=1S/C19H15BrF2O2/c20-14-4-1-3-12-9-11(7-8-13(12)19(14)24)10-17(23)18-15(21)5-2-6-16(18)22/h2,5-9,14H,1,3-4,10H2. The number of aryl methyl sites for hydroxylation is 1. The normalized spacial score (nSPS) is 17.3. The van der Waals surface area contributed by atoms with Gasteiger partial charge in [0, 0.05) is 12.0 Å². The summed E-state index contributed by atoms with van der Waals surface area (Å²) in [5.41, 5.74) is 1.69. The van der Waals surface area contributed by atoms with E-state index >= 15 is 0 Å². The summed E-state index contributed by atoms with van der Waals surface area (Å²) in [5.74, 6) is -2.27. The quantitative estimate of drug-likeness (QED) is 0.432. The number of alkyl halides is 1. The summed E-state index contributed by atoms with van der Waals surface area (Å²) in [4.78, 5) is 24.3. The van der Waals surface area contributed by atoms with Gasteiger partial charge in [0.1, 0.15) is 11.6 Å². The second kappa shape index (κ2) is 6.93. The van der Waals surface area contributed by atoms with Crippen LogP contribution in [0.15, 0.2) is 36.4 Å². The van der Waals surface area contributed by atoms with Crippen molar-refractivity contribution < 1.29 is 18.4 Å². The first-order chi connectivity index (χ1) is 11.5. The molecule has 0 saturated heterocycles. The van der Waals surface area contributed by atoms with Crippen molar-refractivity contribution in [2.45, 2.75) is 30.5 Å². The van der Waals surface area contributed by atoms with E-state index < -0.39 is 23.0 Å². The molecule has 2 nitrogen and oxygen atoms in total. The Morgan fingerprint density at radius 3 is 2.58 bits per heavy atom. The first-order valence-corrected chi connectivity index (χ1v) is 8.66. The Morgan fingerprint density at radius 2 is 1.88 bits per heavy atom. The second-order valence-electron chi connectivity index (χ2n) is 5.91. The minimum atomic E-state index is -0.855. The van der Waals surface area contributed by atoms with Crippen LogP contribution < -0.4 is 0 Å². The van der Waals surface area contributed by atoms with E-state index in [1.165, 1.54) is 6.07 Å². The van der Waals surface area contributed by atoms with Crippen LogP contribution in [0.1, 0.15) is 44.7 Å². The lowest BCUT2D eigenvalue weighted by Crippen LogP contribution is -2.13. The lowest BCUT2D eigenvalue weighted by atomic mass is 9.95. The molecule has 0 aliphatic heterocycles. The van der Waals surface area contributed by atoms with E-state index in [1.807, 2.05) is 0 Å². The summed E-state index contributed by atoms with van der Waals surface area (Å²) in [6.07, 6.45) is 2.28. The van der Waals surface area contributed by atoms with Crippen LogP contribution >= 0.6 is 15.9 Å². The zero-order valence-corrected chi connectivity index (χ0v) is 14.4. The van der Waals surface area contributed by atoms with Gasteiger partial charge in [0.25, 0.3) is 0 Å². The molecule has 124 valence electrons. The first-order valence-electron chi connectivity index (χ1n) is 7.74. The molecule has 24 heavy (non-hydrogen) atoms. The molecule has 0 N–H and O–H groups in total. The van der Waals surface area contributed by atoms with Gasteiger partial charge in [0.15, 0.2) is 11.6 Å². The highest BCUT2D eigenvalue weighted by Gasteiger charge is 2.24. The molecule has 2 aromatic rings. The van der Waals surface area contributed by atoms with Crippen molar-refractivity contribution in [1.29, 1.82) is 0 Å². The van der Waals surface area contributed by atoms with Gasteiger partial charge in [0.2, 0.25) is 0 Å². The van der Waals surface area contributed by atoms with E-state index in [9.17, 15) is 18.4 Å². The number of benzene rings is 2. The van der Waals surface area contributed by atoms with Gasteiger partial charge in [-0.25, -0.2) is 8.78 Å². The van der Waals surface area contributed by atoms with Crippen LogP contribution in [0.4, 0.5) is 8.78 Å². The molecule has 0 heterocycles. The number of ketones is 2. The molecular weight excluding hydrogens is 378 g/mol. The number of carbonyl (C=O) groups excluding carboxylic acids is 2. The lowest BCUT2D eigenvalue weighted by molar-refractivity contribution is 0.0980. The number of carbonyl (C=O) groups is 2. The van der Waals surface area contributed by atoms with Crippen LogP contribution in [-0.4, -0.2) is 16.4 Å². The number of fused-ring (bicyclic) bond motifs is 1. The molecule has 1 aliphatic rings. The Kier molecular flexibility index (Phi) is 4.90. The minimum Gasteiger partial charge on any atom is -0.294 e. The SMILES string of the molecule is O=C(Cc1ccc2c(c1)CCCC(Br)C2=O)c1c(F)cccc1F. The van der Waals surface area contributed by atoms with Crippen molar-refractivity contribution in [3.63, 3.8) is 0 Å². The molecule has 5 heteroatoms. The average molecular weight is 393 g/mol. The molecule has 1 unspecified atom stereocenters. The van der Waals surface area contributed by atoms with Crippen LogP contribution in [-0.2, 0) is 12.8 Å². The topological polar surface area (TPSA) is 34.1 Å². The third-order valence-electron chi connectivity index (χ3n) is 4.23. The second-order valence-corrected chi connectivity index (χ2v) is 7.02. The maximum atomic E-state index is 13.7. The zero-order chi connectivity index (χ0) is 17.3. The van der Waals surface area contributed by atoms with E-state index in [0.717, 1.165) is 37.0 Å². The third-order valence-corrected chi connectivity index (χ3v) is 5.10. The predicted molar refractivity (Wildman–Crippen MR) is 90.8 cm³/mol. The van der Waals surface area contributed by atoms with Gasteiger partial charge in [-0.3, -0.25) is 9.59 Å². The van der Waals surface area contributed by atoms with Crippen molar-refractivity contribution in [3.05, 3.63) is 70.3 Å². The highest BCUT2D eigenvalue weighted by molar-refractivity contribution is 9.10. The maximum absolute atomic E-state index is 13.7. The summed E-state index contributed by atoms with van der Waals surface area (Å²) in [7, 11) is 0. The van der Waals surface area contributed by atoms with Gasteiger partial charge in [-0.2, -0.15) is 0 Å². The van der Waals surface area contributed by atoms with Crippen molar-refractivity contribution in [3.8, 4) is 0 Å². The summed E-state index contributed by atoms with van der Waals surface area (Å²) in [6.45, 7) is 0. The number of halogens is 3. The number of Topliss-reactive ketones (excluding diaryl/α,β-unsaturated/α-hetero) is 2. The molecule has 1 aliphatic carbocycles. The van der Waals surface area contributed by atoms with Crippen LogP contribution in [0, 0.1) is 11.6 Å².